The number of unbranched alkanes of at least 4 members (excludes halogenated alkanes) is 13. The summed E-state index contributed by atoms with van der Waals surface area (Å²) in [6.45, 7) is 19.6. The maximum atomic E-state index is 2.33. The third kappa shape index (κ3) is 22.5. The average molecular weight is 413 g/mol. The van der Waals surface area contributed by atoms with Crippen molar-refractivity contribution in [3.8, 4) is 0 Å². The van der Waals surface area contributed by atoms with Gasteiger partial charge in [-0.2, -0.15) is 0 Å². The molecule has 0 bridgehead atoms. The van der Waals surface area contributed by atoms with E-state index in [0.29, 0.717) is 0 Å². The fourth-order valence-corrected chi connectivity index (χ4v) is 4.21. The third-order valence-corrected chi connectivity index (χ3v) is 6.40. The van der Waals surface area contributed by atoms with Gasteiger partial charge in [-0.1, -0.05) is 131 Å². The lowest BCUT2D eigenvalue weighted by Crippen LogP contribution is -2.50. The van der Waals surface area contributed by atoms with E-state index in [-0.39, 0.29) is 0 Å². The standard InChI is InChI=1S/C16H36N.C12H26/c1-5-9-13-17(14-10-6-2,15-11-7-3)16-12-8-4;1-3-5-7-9-11-12-10-8-6-4-2/h5-16H2,1-4H3;3-12H2,1-2H3/q+1;. The Morgan fingerprint density at radius 1 is 0.276 bits per heavy atom. The van der Waals surface area contributed by atoms with Gasteiger partial charge in [-0.25, -0.2) is 0 Å². The monoisotopic (exact) mass is 412 g/mol. The highest BCUT2D eigenvalue weighted by Crippen LogP contribution is 2.16. The van der Waals surface area contributed by atoms with Gasteiger partial charge in [0.1, 0.15) is 0 Å². The van der Waals surface area contributed by atoms with Crippen LogP contribution in [-0.4, -0.2) is 30.7 Å². The highest BCUT2D eigenvalue weighted by Gasteiger charge is 2.24. The van der Waals surface area contributed by atoms with Gasteiger partial charge in [0.15, 0.2) is 0 Å². The maximum Gasteiger partial charge on any atom is 0.0786 e. The van der Waals surface area contributed by atoms with Crippen molar-refractivity contribution in [1.29, 1.82) is 0 Å². The van der Waals surface area contributed by atoms with Crippen molar-refractivity contribution < 1.29 is 4.48 Å². The average Bonchev–Trinajstić information content (AvgIpc) is 2.75. The molecule has 0 saturated carbocycles. The number of hydrogen-bond acceptors (Lipinski definition) is 0. The molecule has 0 aliphatic heterocycles. The van der Waals surface area contributed by atoms with Crippen molar-refractivity contribution in [2.24, 2.45) is 0 Å². The molecule has 0 fully saturated rings. The van der Waals surface area contributed by atoms with Gasteiger partial charge in [0.2, 0.25) is 0 Å². The largest absolute Gasteiger partial charge is 0.324 e. The summed E-state index contributed by atoms with van der Waals surface area (Å²) in [5.41, 5.74) is 0. The quantitative estimate of drug-likeness (QED) is 0.130. The summed E-state index contributed by atoms with van der Waals surface area (Å²) < 4.78 is 1.42. The molecule has 1 heteroatoms. The van der Waals surface area contributed by atoms with Gasteiger partial charge in [0.25, 0.3) is 0 Å². The van der Waals surface area contributed by atoms with Crippen molar-refractivity contribution in [3.63, 3.8) is 0 Å². The molecule has 0 aliphatic rings. The van der Waals surface area contributed by atoms with Crippen molar-refractivity contribution in [2.45, 2.75) is 157 Å². The lowest BCUT2D eigenvalue weighted by Gasteiger charge is -2.39. The fourth-order valence-electron chi connectivity index (χ4n) is 4.21. The van der Waals surface area contributed by atoms with Crippen LogP contribution in [0, 0.1) is 0 Å². The first-order valence-electron chi connectivity index (χ1n) is 14.0. The van der Waals surface area contributed by atoms with Crippen LogP contribution in [0.4, 0.5) is 0 Å². The lowest BCUT2D eigenvalue weighted by molar-refractivity contribution is -0.929. The van der Waals surface area contributed by atoms with E-state index in [2.05, 4.69) is 41.5 Å². The van der Waals surface area contributed by atoms with E-state index in [0.717, 1.165) is 0 Å². The van der Waals surface area contributed by atoms with Gasteiger partial charge in [0, 0.05) is 0 Å². The summed E-state index contributed by atoms with van der Waals surface area (Å²) >= 11 is 0. The van der Waals surface area contributed by atoms with E-state index < -0.39 is 0 Å². The molecule has 29 heavy (non-hydrogen) atoms. The van der Waals surface area contributed by atoms with Crippen LogP contribution in [0.15, 0.2) is 0 Å². The molecule has 0 aromatic rings. The second-order valence-electron chi connectivity index (χ2n) is 9.48. The van der Waals surface area contributed by atoms with Crippen LogP contribution in [0.25, 0.3) is 0 Å². The summed E-state index contributed by atoms with van der Waals surface area (Å²) in [5.74, 6) is 0. The Balaban J connectivity index is 0. The first kappa shape index (κ1) is 31.1. The van der Waals surface area contributed by atoms with Crippen LogP contribution < -0.4 is 0 Å². The van der Waals surface area contributed by atoms with Crippen LogP contribution >= 0.6 is 0 Å². The lowest BCUT2D eigenvalue weighted by atomic mass is 10.1. The molecule has 0 radical (unpaired) electrons. The van der Waals surface area contributed by atoms with Gasteiger partial charge in [-0.3, -0.25) is 0 Å². The third-order valence-electron chi connectivity index (χ3n) is 6.40. The zero-order valence-electron chi connectivity index (χ0n) is 22.0. The summed E-state index contributed by atoms with van der Waals surface area (Å²) in [6, 6.07) is 0. The zero-order valence-corrected chi connectivity index (χ0v) is 22.0. The van der Waals surface area contributed by atoms with Gasteiger partial charge < -0.3 is 4.48 Å². The van der Waals surface area contributed by atoms with E-state index in [1.165, 1.54) is 146 Å². The normalized spacial score (nSPS) is 11.4. The van der Waals surface area contributed by atoms with Crippen molar-refractivity contribution >= 4 is 0 Å². The zero-order chi connectivity index (χ0) is 22.1. The molecular formula is C28H62N+. The predicted molar refractivity (Wildman–Crippen MR) is 137 cm³/mol. The first-order valence-corrected chi connectivity index (χ1v) is 14.0. The molecule has 178 valence electrons. The number of nitrogens with zero attached hydrogens (tertiary/aromatic N) is 1. The number of hydrogen-bond donors (Lipinski definition) is 0. The summed E-state index contributed by atoms with van der Waals surface area (Å²) in [5, 5.41) is 0. The predicted octanol–water partition coefficient (Wildman–Crippen LogP) is 9.93. The number of rotatable bonds is 21. The van der Waals surface area contributed by atoms with Crippen molar-refractivity contribution in [1.82, 2.24) is 0 Å². The van der Waals surface area contributed by atoms with Crippen LogP contribution in [0.2, 0.25) is 0 Å². The van der Waals surface area contributed by atoms with E-state index in [4.69, 9.17) is 0 Å². The van der Waals surface area contributed by atoms with Crippen LogP contribution in [0.5, 0.6) is 0 Å². The minimum absolute atomic E-state index is 1.35. The molecule has 0 amide bonds. The molecule has 0 spiro atoms. The minimum atomic E-state index is 1.35. The molecular weight excluding hydrogens is 350 g/mol. The van der Waals surface area contributed by atoms with E-state index in [1.54, 1.807) is 0 Å². The Labute approximate surface area is 188 Å². The summed E-state index contributed by atoms with van der Waals surface area (Å²) in [7, 11) is 0. The summed E-state index contributed by atoms with van der Waals surface area (Å²) in [6.07, 6.45) is 25.5. The molecule has 0 unspecified atom stereocenters. The highest BCUT2D eigenvalue weighted by atomic mass is 15.3. The molecule has 0 saturated heterocycles. The SMILES string of the molecule is CCCCCCCCCCCC.CCCC[N+](CCCC)(CCCC)CCCC. The molecule has 0 heterocycles. The Hall–Kier alpha value is -0.0400. The van der Waals surface area contributed by atoms with Crippen molar-refractivity contribution in [2.75, 3.05) is 26.2 Å². The maximum absolute atomic E-state index is 2.33. The molecule has 0 aromatic carbocycles. The Morgan fingerprint density at radius 2 is 0.483 bits per heavy atom. The van der Waals surface area contributed by atoms with Gasteiger partial charge in [-0.15, -0.1) is 0 Å². The van der Waals surface area contributed by atoms with Gasteiger partial charge in [0.05, 0.1) is 26.2 Å². The minimum Gasteiger partial charge on any atom is -0.324 e. The molecule has 0 N–H and O–H groups in total. The van der Waals surface area contributed by atoms with E-state index >= 15 is 0 Å². The van der Waals surface area contributed by atoms with Gasteiger partial charge >= 0.3 is 0 Å². The Morgan fingerprint density at radius 3 is 0.690 bits per heavy atom. The smallest absolute Gasteiger partial charge is 0.0786 e. The number of quaternary nitrogens is 1. The molecule has 0 atom stereocenters. The second kappa shape index (κ2) is 26.0. The topological polar surface area (TPSA) is 0 Å². The Kier molecular flexibility index (Phi) is 27.9. The van der Waals surface area contributed by atoms with Crippen LogP contribution in [0.3, 0.4) is 0 Å². The van der Waals surface area contributed by atoms with E-state index in [9.17, 15) is 0 Å². The summed E-state index contributed by atoms with van der Waals surface area (Å²) in [4.78, 5) is 0. The van der Waals surface area contributed by atoms with Crippen molar-refractivity contribution in [3.05, 3.63) is 0 Å². The van der Waals surface area contributed by atoms with E-state index in [1.807, 2.05) is 0 Å². The highest BCUT2D eigenvalue weighted by molar-refractivity contribution is 4.49. The molecule has 0 rings (SSSR count). The molecule has 1 nitrogen and oxygen atoms in total. The van der Waals surface area contributed by atoms with Crippen LogP contribution in [0.1, 0.15) is 157 Å². The Bertz CT molecular complexity index is 226. The second-order valence-corrected chi connectivity index (χ2v) is 9.48. The molecule has 0 aliphatic carbocycles. The first-order chi connectivity index (χ1) is 14.2. The fraction of sp³-hybridized carbons (Fsp3) is 1.00. The van der Waals surface area contributed by atoms with Gasteiger partial charge in [-0.05, 0) is 25.7 Å². The van der Waals surface area contributed by atoms with Crippen LogP contribution in [-0.2, 0) is 0 Å². The molecule has 0 aromatic heterocycles.